The highest BCUT2D eigenvalue weighted by Crippen LogP contribution is 2.33. The van der Waals surface area contributed by atoms with E-state index < -0.39 is 0 Å². The lowest BCUT2D eigenvalue weighted by molar-refractivity contribution is 0.621. The van der Waals surface area contributed by atoms with Crippen LogP contribution in [0.25, 0.3) is 11.4 Å². The summed E-state index contributed by atoms with van der Waals surface area (Å²) in [6, 6.07) is 4.71. The van der Waals surface area contributed by atoms with Gasteiger partial charge in [0.15, 0.2) is 5.82 Å². The third-order valence-corrected chi connectivity index (χ3v) is 4.37. The Morgan fingerprint density at radius 2 is 2.11 bits per heavy atom. The van der Waals surface area contributed by atoms with Crippen LogP contribution < -0.4 is 5.73 Å². The van der Waals surface area contributed by atoms with Crippen molar-refractivity contribution in [1.82, 2.24) is 9.97 Å². The molecule has 1 aliphatic heterocycles. The number of rotatable bonds is 1. The van der Waals surface area contributed by atoms with Crippen molar-refractivity contribution in [2.75, 3.05) is 5.73 Å². The summed E-state index contributed by atoms with van der Waals surface area (Å²) in [4.78, 5) is 8.80. The lowest BCUT2D eigenvalue weighted by Gasteiger charge is -2.06. The predicted octanol–water partition coefficient (Wildman–Crippen LogP) is 3.37. The molecular weight excluding hydrogens is 317 g/mol. The monoisotopic (exact) mass is 325 g/mol. The summed E-state index contributed by atoms with van der Waals surface area (Å²) in [6.45, 7) is 0. The van der Waals surface area contributed by atoms with Gasteiger partial charge in [-0.15, -0.1) is 0 Å². The van der Waals surface area contributed by atoms with Crippen LogP contribution in [0.15, 0.2) is 22.7 Å². The fourth-order valence-corrected chi connectivity index (χ4v) is 3.27. The molecule has 0 amide bonds. The Morgan fingerprint density at radius 3 is 2.89 bits per heavy atom. The first-order valence-electron chi connectivity index (χ1n) is 5.33. The SMILES string of the molecule is Nc1nc(-c2ccc(F)c(Br)c2)nc2c1CSC2. The Labute approximate surface area is 116 Å². The van der Waals surface area contributed by atoms with Crippen molar-refractivity contribution >= 4 is 33.5 Å². The van der Waals surface area contributed by atoms with Crippen LogP contribution in [-0.2, 0) is 11.5 Å². The van der Waals surface area contributed by atoms with Crippen molar-refractivity contribution in [3.8, 4) is 11.4 Å². The summed E-state index contributed by atoms with van der Waals surface area (Å²) in [5, 5.41) is 0. The molecule has 2 heterocycles. The summed E-state index contributed by atoms with van der Waals surface area (Å²) >= 11 is 4.93. The number of nitrogens with zero attached hydrogens (tertiary/aromatic N) is 2. The van der Waals surface area contributed by atoms with Crippen molar-refractivity contribution in [3.05, 3.63) is 39.7 Å². The zero-order valence-corrected chi connectivity index (χ0v) is 11.7. The molecule has 2 N–H and O–H groups in total. The largest absolute Gasteiger partial charge is 0.383 e. The fourth-order valence-electron chi connectivity index (χ4n) is 1.84. The minimum Gasteiger partial charge on any atom is -0.383 e. The number of hydrogen-bond donors (Lipinski definition) is 1. The Hall–Kier alpha value is -1.14. The summed E-state index contributed by atoms with van der Waals surface area (Å²) in [5.41, 5.74) is 8.71. The third kappa shape index (κ3) is 1.99. The molecule has 0 bridgehead atoms. The molecular formula is C12H9BrFN3S. The molecule has 0 radical (unpaired) electrons. The Morgan fingerprint density at radius 1 is 1.28 bits per heavy atom. The van der Waals surface area contributed by atoms with Crippen LogP contribution >= 0.6 is 27.7 Å². The zero-order valence-electron chi connectivity index (χ0n) is 9.28. The maximum Gasteiger partial charge on any atom is 0.161 e. The molecule has 0 spiro atoms. The van der Waals surface area contributed by atoms with Gasteiger partial charge in [-0.05, 0) is 34.1 Å². The molecule has 6 heteroatoms. The molecule has 1 aliphatic rings. The highest BCUT2D eigenvalue weighted by atomic mass is 79.9. The van der Waals surface area contributed by atoms with E-state index in [9.17, 15) is 4.39 Å². The highest BCUT2D eigenvalue weighted by molar-refractivity contribution is 9.10. The van der Waals surface area contributed by atoms with E-state index in [1.807, 2.05) is 0 Å². The van der Waals surface area contributed by atoms with Gasteiger partial charge >= 0.3 is 0 Å². The third-order valence-electron chi connectivity index (χ3n) is 2.79. The van der Waals surface area contributed by atoms with Crippen molar-refractivity contribution < 1.29 is 4.39 Å². The first-order chi connectivity index (χ1) is 8.65. The molecule has 92 valence electrons. The fraction of sp³-hybridized carbons (Fsp3) is 0.167. The number of benzene rings is 1. The molecule has 1 aromatic carbocycles. The van der Waals surface area contributed by atoms with E-state index >= 15 is 0 Å². The van der Waals surface area contributed by atoms with Gasteiger partial charge in [0.25, 0.3) is 0 Å². The molecule has 2 aromatic rings. The van der Waals surface area contributed by atoms with E-state index in [-0.39, 0.29) is 5.82 Å². The Kier molecular flexibility index (Phi) is 2.99. The number of nitrogen functional groups attached to an aromatic ring is 1. The lowest BCUT2D eigenvalue weighted by Crippen LogP contribution is -2.02. The van der Waals surface area contributed by atoms with E-state index in [0.29, 0.717) is 16.1 Å². The average molecular weight is 326 g/mol. The second-order valence-corrected chi connectivity index (χ2v) is 5.82. The number of hydrogen-bond acceptors (Lipinski definition) is 4. The van der Waals surface area contributed by atoms with E-state index in [1.54, 1.807) is 23.9 Å². The number of anilines is 1. The summed E-state index contributed by atoms with van der Waals surface area (Å²) in [7, 11) is 0. The van der Waals surface area contributed by atoms with Gasteiger partial charge in [-0.1, -0.05) is 0 Å². The van der Waals surface area contributed by atoms with Crippen LogP contribution in [0.1, 0.15) is 11.3 Å². The van der Waals surface area contributed by atoms with Crippen LogP contribution in [0.3, 0.4) is 0 Å². The molecule has 3 nitrogen and oxygen atoms in total. The number of fused-ring (bicyclic) bond motifs is 1. The molecule has 0 saturated carbocycles. The molecule has 0 atom stereocenters. The van der Waals surface area contributed by atoms with Crippen LogP contribution in [0.4, 0.5) is 10.2 Å². The minimum absolute atomic E-state index is 0.302. The highest BCUT2D eigenvalue weighted by Gasteiger charge is 2.18. The molecule has 1 aromatic heterocycles. The summed E-state index contributed by atoms with van der Waals surface area (Å²) in [5.74, 6) is 2.50. The number of aromatic nitrogens is 2. The molecule has 0 saturated heterocycles. The van der Waals surface area contributed by atoms with Gasteiger partial charge < -0.3 is 5.73 Å². The molecule has 0 unspecified atom stereocenters. The second-order valence-electron chi connectivity index (χ2n) is 3.98. The normalized spacial score (nSPS) is 13.7. The number of halogens is 2. The molecule has 0 aliphatic carbocycles. The molecule has 0 fully saturated rings. The van der Waals surface area contributed by atoms with E-state index in [4.69, 9.17) is 5.73 Å². The predicted molar refractivity (Wildman–Crippen MR) is 74.5 cm³/mol. The van der Waals surface area contributed by atoms with Crippen LogP contribution in [-0.4, -0.2) is 9.97 Å². The van der Waals surface area contributed by atoms with Gasteiger partial charge in [0.1, 0.15) is 11.6 Å². The topological polar surface area (TPSA) is 51.8 Å². The first-order valence-corrected chi connectivity index (χ1v) is 7.28. The smallest absolute Gasteiger partial charge is 0.161 e. The van der Waals surface area contributed by atoms with Crippen LogP contribution in [0.5, 0.6) is 0 Å². The van der Waals surface area contributed by atoms with Crippen LogP contribution in [0, 0.1) is 5.82 Å². The number of nitrogens with two attached hydrogens (primary N) is 1. The maximum atomic E-state index is 13.2. The molecule has 3 rings (SSSR count). The van der Waals surface area contributed by atoms with E-state index in [0.717, 1.165) is 28.3 Å². The summed E-state index contributed by atoms with van der Waals surface area (Å²) < 4.78 is 13.6. The van der Waals surface area contributed by atoms with Gasteiger partial charge in [-0.3, -0.25) is 0 Å². The quantitative estimate of drug-likeness (QED) is 0.873. The van der Waals surface area contributed by atoms with Gasteiger partial charge in [0, 0.05) is 22.6 Å². The van der Waals surface area contributed by atoms with Gasteiger partial charge in [0.05, 0.1) is 10.2 Å². The van der Waals surface area contributed by atoms with E-state index in [1.165, 1.54) is 6.07 Å². The Balaban J connectivity index is 2.12. The van der Waals surface area contributed by atoms with E-state index in [2.05, 4.69) is 25.9 Å². The van der Waals surface area contributed by atoms with Crippen LogP contribution in [0.2, 0.25) is 0 Å². The minimum atomic E-state index is -0.302. The second kappa shape index (κ2) is 4.51. The lowest BCUT2D eigenvalue weighted by atomic mass is 10.2. The van der Waals surface area contributed by atoms with Gasteiger partial charge in [0.2, 0.25) is 0 Å². The Bertz CT molecular complexity index is 633. The molecule has 18 heavy (non-hydrogen) atoms. The number of thioether (sulfide) groups is 1. The zero-order chi connectivity index (χ0) is 12.7. The van der Waals surface area contributed by atoms with Crippen molar-refractivity contribution in [2.24, 2.45) is 0 Å². The average Bonchev–Trinajstić information content (AvgIpc) is 2.81. The van der Waals surface area contributed by atoms with Crippen molar-refractivity contribution in [1.29, 1.82) is 0 Å². The van der Waals surface area contributed by atoms with Gasteiger partial charge in [-0.2, -0.15) is 11.8 Å². The standard InChI is InChI=1S/C12H9BrFN3S/c13-8-3-6(1-2-9(8)14)12-16-10-5-18-4-7(10)11(15)17-12/h1-3H,4-5H2,(H2,15,16,17). The van der Waals surface area contributed by atoms with Crippen molar-refractivity contribution in [2.45, 2.75) is 11.5 Å². The summed E-state index contributed by atoms with van der Waals surface area (Å²) in [6.07, 6.45) is 0. The van der Waals surface area contributed by atoms with Gasteiger partial charge in [-0.25, -0.2) is 14.4 Å². The van der Waals surface area contributed by atoms with Crippen molar-refractivity contribution in [3.63, 3.8) is 0 Å². The maximum absolute atomic E-state index is 13.2. The first kappa shape index (κ1) is 11.9.